The zero-order chi connectivity index (χ0) is 13.8. The van der Waals surface area contributed by atoms with E-state index in [4.69, 9.17) is 5.11 Å². The lowest BCUT2D eigenvalue weighted by Gasteiger charge is -2.21. The van der Waals surface area contributed by atoms with Gasteiger partial charge >= 0.3 is 12.0 Å². The van der Waals surface area contributed by atoms with Gasteiger partial charge < -0.3 is 20.6 Å². The smallest absolute Gasteiger partial charge is 0.317 e. The van der Waals surface area contributed by atoms with E-state index in [1.165, 1.54) is 11.9 Å². The van der Waals surface area contributed by atoms with Crippen LogP contribution in [-0.4, -0.2) is 54.6 Å². The summed E-state index contributed by atoms with van der Waals surface area (Å²) in [6, 6.07) is -0.409. The Hall–Kier alpha value is -1.79. The maximum absolute atomic E-state index is 11.8. The molecule has 0 spiro atoms. The van der Waals surface area contributed by atoms with Gasteiger partial charge in [-0.05, 0) is 19.8 Å². The number of hydrogen-bond donors (Lipinski definition) is 3. The highest BCUT2D eigenvalue weighted by atomic mass is 16.4. The molecule has 7 nitrogen and oxygen atoms in total. The molecule has 3 N–H and O–H groups in total. The van der Waals surface area contributed by atoms with Crippen LogP contribution in [0.1, 0.15) is 19.8 Å². The number of urea groups is 1. The number of nitrogens with zero attached hydrogens (tertiary/aromatic N) is 1. The Bertz CT molecular complexity index is 352. The number of carbonyl (C=O) groups excluding carboxylic acids is 2. The van der Waals surface area contributed by atoms with Gasteiger partial charge in [-0.25, -0.2) is 4.79 Å². The topological polar surface area (TPSA) is 98.7 Å². The number of carboxylic acids is 1. The molecule has 0 aromatic rings. The molecule has 0 bridgehead atoms. The fourth-order valence-electron chi connectivity index (χ4n) is 1.55. The van der Waals surface area contributed by atoms with Gasteiger partial charge in [-0.15, -0.1) is 0 Å². The van der Waals surface area contributed by atoms with E-state index in [9.17, 15) is 14.4 Å². The number of aliphatic carboxylic acids is 1. The molecule has 0 aromatic heterocycles. The molecule has 0 aliphatic heterocycles. The molecule has 1 saturated carbocycles. The van der Waals surface area contributed by atoms with Gasteiger partial charge in [0, 0.05) is 20.1 Å². The minimum absolute atomic E-state index is 0.0289. The quantitative estimate of drug-likeness (QED) is 0.604. The van der Waals surface area contributed by atoms with Crippen LogP contribution in [0.3, 0.4) is 0 Å². The largest absolute Gasteiger partial charge is 0.481 e. The monoisotopic (exact) mass is 257 g/mol. The minimum Gasteiger partial charge on any atom is -0.481 e. The van der Waals surface area contributed by atoms with Gasteiger partial charge in [0.05, 0.1) is 5.41 Å². The Kier molecular flexibility index (Phi) is 4.52. The molecule has 0 heterocycles. The minimum atomic E-state index is -0.878. The van der Waals surface area contributed by atoms with E-state index in [0.29, 0.717) is 19.4 Å². The van der Waals surface area contributed by atoms with E-state index >= 15 is 0 Å². The standard InChI is InChI=1S/C11H19N3O4/c1-3-14(6-8(15)12-2)10(18)13-7-11(4-5-11)9(16)17/h3-7H2,1-2H3,(H,12,15)(H,13,18)(H,16,17). The molecule has 1 fully saturated rings. The lowest BCUT2D eigenvalue weighted by atomic mass is 10.1. The molecule has 1 aliphatic rings. The summed E-state index contributed by atoms with van der Waals surface area (Å²) < 4.78 is 0. The van der Waals surface area contributed by atoms with Crippen molar-refractivity contribution in [2.75, 3.05) is 26.7 Å². The number of hydrogen-bond acceptors (Lipinski definition) is 3. The first kappa shape index (κ1) is 14.3. The van der Waals surface area contributed by atoms with Crippen LogP contribution in [0.25, 0.3) is 0 Å². The normalized spacial score (nSPS) is 15.7. The predicted octanol–water partition coefficient (Wildman–Crippen LogP) is -0.371. The van der Waals surface area contributed by atoms with E-state index in [0.717, 1.165) is 0 Å². The van der Waals surface area contributed by atoms with Crippen molar-refractivity contribution >= 4 is 17.9 Å². The summed E-state index contributed by atoms with van der Waals surface area (Å²) in [7, 11) is 1.50. The fraction of sp³-hybridized carbons (Fsp3) is 0.727. The zero-order valence-electron chi connectivity index (χ0n) is 10.7. The number of likely N-dealkylation sites (N-methyl/N-ethyl adjacent to an activating group) is 2. The number of rotatable bonds is 6. The second-order valence-corrected chi connectivity index (χ2v) is 4.43. The summed E-state index contributed by atoms with van der Waals surface area (Å²) in [6.45, 7) is 2.23. The Balaban J connectivity index is 2.43. The highest BCUT2D eigenvalue weighted by Gasteiger charge is 2.50. The molecule has 7 heteroatoms. The first-order valence-electron chi connectivity index (χ1n) is 5.92. The van der Waals surface area contributed by atoms with Crippen LogP contribution in [0.2, 0.25) is 0 Å². The van der Waals surface area contributed by atoms with Crippen molar-refractivity contribution < 1.29 is 19.5 Å². The number of carboxylic acid groups (broad SMARTS) is 1. The number of carbonyl (C=O) groups is 3. The van der Waals surface area contributed by atoms with Crippen LogP contribution >= 0.6 is 0 Å². The molecule has 102 valence electrons. The lowest BCUT2D eigenvalue weighted by molar-refractivity contribution is -0.143. The summed E-state index contributed by atoms with van der Waals surface area (Å²) in [5.74, 6) is -1.14. The van der Waals surface area contributed by atoms with Crippen LogP contribution in [0.15, 0.2) is 0 Å². The van der Waals surface area contributed by atoms with E-state index in [-0.39, 0.29) is 19.0 Å². The van der Waals surface area contributed by atoms with Gasteiger partial charge in [-0.1, -0.05) is 0 Å². The van der Waals surface area contributed by atoms with Crippen molar-refractivity contribution in [2.45, 2.75) is 19.8 Å². The van der Waals surface area contributed by atoms with Crippen molar-refractivity contribution in [3.05, 3.63) is 0 Å². The zero-order valence-corrected chi connectivity index (χ0v) is 10.7. The second-order valence-electron chi connectivity index (χ2n) is 4.43. The number of amides is 3. The van der Waals surface area contributed by atoms with Crippen LogP contribution < -0.4 is 10.6 Å². The van der Waals surface area contributed by atoms with Crippen molar-refractivity contribution in [2.24, 2.45) is 5.41 Å². The third-order valence-electron chi connectivity index (χ3n) is 3.17. The highest BCUT2D eigenvalue weighted by Crippen LogP contribution is 2.45. The molecule has 18 heavy (non-hydrogen) atoms. The molecule has 1 aliphatic carbocycles. The first-order chi connectivity index (χ1) is 8.45. The number of nitrogens with one attached hydrogen (secondary N) is 2. The average Bonchev–Trinajstić information content (AvgIpc) is 3.13. The van der Waals surface area contributed by atoms with Gasteiger partial charge in [-0.2, -0.15) is 0 Å². The van der Waals surface area contributed by atoms with E-state index in [2.05, 4.69) is 10.6 Å². The van der Waals surface area contributed by atoms with Gasteiger partial charge in [0.15, 0.2) is 0 Å². The Morgan fingerprint density at radius 1 is 1.33 bits per heavy atom. The van der Waals surface area contributed by atoms with E-state index in [1.54, 1.807) is 6.92 Å². The molecule has 1 rings (SSSR count). The van der Waals surface area contributed by atoms with Crippen molar-refractivity contribution in [3.8, 4) is 0 Å². The van der Waals surface area contributed by atoms with E-state index < -0.39 is 17.4 Å². The Morgan fingerprint density at radius 2 is 1.94 bits per heavy atom. The van der Waals surface area contributed by atoms with Crippen molar-refractivity contribution in [3.63, 3.8) is 0 Å². The summed E-state index contributed by atoms with van der Waals surface area (Å²) in [4.78, 5) is 35.2. The molecule has 0 unspecified atom stereocenters. The van der Waals surface area contributed by atoms with Gasteiger partial charge in [0.1, 0.15) is 6.54 Å². The third kappa shape index (κ3) is 3.35. The summed E-state index contributed by atoms with van der Waals surface area (Å²) in [6.07, 6.45) is 1.17. The van der Waals surface area contributed by atoms with Gasteiger partial charge in [0.2, 0.25) is 5.91 Å². The third-order valence-corrected chi connectivity index (χ3v) is 3.17. The highest BCUT2D eigenvalue weighted by molar-refractivity contribution is 5.84. The predicted molar refractivity (Wildman–Crippen MR) is 64.0 cm³/mol. The maximum Gasteiger partial charge on any atom is 0.317 e. The summed E-state index contributed by atoms with van der Waals surface area (Å²) in [5, 5.41) is 14.0. The Labute approximate surface area is 106 Å². The molecular formula is C11H19N3O4. The van der Waals surface area contributed by atoms with Gasteiger partial charge in [-0.3, -0.25) is 9.59 Å². The SMILES string of the molecule is CCN(CC(=O)NC)C(=O)NCC1(C(=O)O)CC1. The van der Waals surface area contributed by atoms with E-state index in [1.807, 2.05) is 0 Å². The molecule has 3 amide bonds. The fourth-order valence-corrected chi connectivity index (χ4v) is 1.55. The molecule has 0 aromatic carbocycles. The van der Waals surface area contributed by atoms with Gasteiger partial charge in [0.25, 0.3) is 0 Å². The second kappa shape index (κ2) is 5.70. The van der Waals surface area contributed by atoms with Crippen molar-refractivity contribution in [1.82, 2.24) is 15.5 Å². The van der Waals surface area contributed by atoms with Crippen LogP contribution in [-0.2, 0) is 9.59 Å². The summed E-state index contributed by atoms with van der Waals surface area (Å²) in [5.41, 5.74) is -0.790. The molecule has 0 atom stereocenters. The lowest BCUT2D eigenvalue weighted by Crippen LogP contribution is -2.47. The first-order valence-corrected chi connectivity index (χ1v) is 5.92. The van der Waals surface area contributed by atoms with Crippen LogP contribution in [0, 0.1) is 5.41 Å². The molecule has 0 radical (unpaired) electrons. The van der Waals surface area contributed by atoms with Crippen molar-refractivity contribution in [1.29, 1.82) is 0 Å². The van der Waals surface area contributed by atoms with Crippen LogP contribution in [0.4, 0.5) is 4.79 Å². The summed E-state index contributed by atoms with van der Waals surface area (Å²) >= 11 is 0. The van der Waals surface area contributed by atoms with Crippen LogP contribution in [0.5, 0.6) is 0 Å². The maximum atomic E-state index is 11.8. The molecular weight excluding hydrogens is 238 g/mol. The Morgan fingerprint density at radius 3 is 2.33 bits per heavy atom. The molecule has 0 saturated heterocycles. The average molecular weight is 257 g/mol.